The first kappa shape index (κ1) is 21.7. The monoisotopic (exact) mass is 443 g/mol. The molecule has 3 heterocycles. The van der Waals surface area contributed by atoms with Gasteiger partial charge in [0.2, 0.25) is 0 Å². The van der Waals surface area contributed by atoms with E-state index in [9.17, 15) is 18.0 Å². The van der Waals surface area contributed by atoms with Crippen LogP contribution in [-0.4, -0.2) is 39.7 Å². The van der Waals surface area contributed by atoms with Crippen molar-refractivity contribution in [1.29, 1.82) is 0 Å². The maximum atomic E-state index is 12.5. The molecule has 3 aromatic rings. The first-order valence-corrected chi connectivity index (χ1v) is 9.29. The van der Waals surface area contributed by atoms with Gasteiger partial charge < -0.3 is 18.6 Å². The highest BCUT2D eigenvalue weighted by Gasteiger charge is 2.29. The second kappa shape index (κ2) is 8.78. The number of hydrogen-bond acceptors (Lipinski definition) is 6. The Labute approximate surface area is 174 Å². The molecule has 0 saturated carbocycles. The summed E-state index contributed by atoms with van der Waals surface area (Å²) < 4.78 is 54.7. The minimum Gasteiger partial charge on any atom is -0.478 e. The number of carbonyl (C=O) groups is 1. The molecule has 0 aliphatic rings. The lowest BCUT2D eigenvalue weighted by atomic mass is 10.2. The number of halogens is 4. The van der Waals surface area contributed by atoms with E-state index in [4.69, 9.17) is 25.8 Å². The van der Waals surface area contributed by atoms with E-state index in [0.717, 1.165) is 0 Å². The van der Waals surface area contributed by atoms with Crippen LogP contribution in [0.3, 0.4) is 0 Å². The Kier molecular flexibility index (Phi) is 6.35. The summed E-state index contributed by atoms with van der Waals surface area (Å²) in [5.41, 5.74) is 1.30. The van der Waals surface area contributed by atoms with Gasteiger partial charge in [-0.05, 0) is 25.0 Å². The molecule has 0 spiro atoms. The molecule has 0 saturated heterocycles. The molecule has 0 atom stereocenters. The van der Waals surface area contributed by atoms with Gasteiger partial charge >= 0.3 is 12.1 Å². The Morgan fingerprint density at radius 1 is 1.20 bits per heavy atom. The molecular weight excluding hydrogens is 427 g/mol. The zero-order valence-corrected chi connectivity index (χ0v) is 16.8. The van der Waals surface area contributed by atoms with Crippen molar-refractivity contribution in [1.82, 2.24) is 14.4 Å². The van der Waals surface area contributed by atoms with Crippen LogP contribution in [0.5, 0.6) is 17.4 Å². The number of pyridine rings is 2. The van der Waals surface area contributed by atoms with Gasteiger partial charge in [0.15, 0.2) is 18.1 Å². The molecule has 30 heavy (non-hydrogen) atoms. The Morgan fingerprint density at radius 2 is 1.97 bits per heavy atom. The summed E-state index contributed by atoms with van der Waals surface area (Å²) in [4.78, 5) is 20.1. The molecule has 3 rings (SSSR count). The van der Waals surface area contributed by atoms with E-state index in [1.54, 1.807) is 23.6 Å². The molecular formula is C19H17ClF3N3O4. The van der Waals surface area contributed by atoms with Gasteiger partial charge in [-0.2, -0.15) is 13.2 Å². The van der Waals surface area contributed by atoms with Crippen molar-refractivity contribution in [2.75, 3.05) is 13.2 Å². The quantitative estimate of drug-likeness (QED) is 0.486. The predicted molar refractivity (Wildman–Crippen MR) is 101 cm³/mol. The Morgan fingerprint density at radius 3 is 2.63 bits per heavy atom. The third kappa shape index (κ3) is 5.12. The maximum absolute atomic E-state index is 12.5. The standard InChI is InChI=1S/C19H17ClF3N3O4/c1-3-11-5-16-25-13(18(27)28-4-2)8-26(16)9-15(11)30-17-14(6-12(20)7-24-17)29-10-19(21,22)23/h5-9H,3-4,10H2,1-2H3. The van der Waals surface area contributed by atoms with Crippen LogP contribution >= 0.6 is 11.6 Å². The molecule has 0 aromatic carbocycles. The van der Waals surface area contributed by atoms with Crippen LogP contribution < -0.4 is 9.47 Å². The summed E-state index contributed by atoms with van der Waals surface area (Å²) in [6.45, 7) is 2.25. The minimum atomic E-state index is -4.53. The Balaban J connectivity index is 1.95. The average molecular weight is 444 g/mol. The normalized spacial score (nSPS) is 11.5. The number of esters is 1. The summed E-state index contributed by atoms with van der Waals surface area (Å²) >= 11 is 5.83. The van der Waals surface area contributed by atoms with Crippen molar-refractivity contribution in [3.05, 3.63) is 47.0 Å². The molecule has 0 bridgehead atoms. The van der Waals surface area contributed by atoms with Crippen molar-refractivity contribution in [3.63, 3.8) is 0 Å². The van der Waals surface area contributed by atoms with E-state index in [1.807, 2.05) is 6.92 Å². The molecule has 0 radical (unpaired) electrons. The van der Waals surface area contributed by atoms with Crippen LogP contribution in [0.1, 0.15) is 29.9 Å². The van der Waals surface area contributed by atoms with Gasteiger partial charge in [0.05, 0.1) is 17.8 Å². The Hall–Kier alpha value is -3.01. The predicted octanol–water partition coefficient (Wildman–Crippen LogP) is 4.86. The number of aryl methyl sites for hydroxylation is 1. The van der Waals surface area contributed by atoms with E-state index in [0.29, 0.717) is 23.4 Å². The lowest BCUT2D eigenvalue weighted by Crippen LogP contribution is -2.19. The highest BCUT2D eigenvalue weighted by molar-refractivity contribution is 6.30. The second-order valence-electron chi connectivity index (χ2n) is 6.09. The van der Waals surface area contributed by atoms with Gasteiger partial charge in [0, 0.05) is 18.5 Å². The summed E-state index contributed by atoms with van der Waals surface area (Å²) in [5.74, 6) is -0.684. The number of alkyl halides is 3. The van der Waals surface area contributed by atoms with Crippen LogP contribution in [0.25, 0.3) is 5.65 Å². The van der Waals surface area contributed by atoms with Crippen molar-refractivity contribution in [2.24, 2.45) is 0 Å². The molecule has 0 aliphatic carbocycles. The number of carbonyl (C=O) groups excluding carboxylic acids is 1. The van der Waals surface area contributed by atoms with Gasteiger partial charge in [-0.15, -0.1) is 0 Å². The van der Waals surface area contributed by atoms with Crippen LogP contribution in [-0.2, 0) is 11.2 Å². The molecule has 0 N–H and O–H groups in total. The smallest absolute Gasteiger partial charge is 0.422 e. The van der Waals surface area contributed by atoms with Crippen molar-refractivity contribution < 1.29 is 32.2 Å². The maximum Gasteiger partial charge on any atom is 0.422 e. The van der Waals surface area contributed by atoms with Crippen LogP contribution in [0.4, 0.5) is 13.2 Å². The summed E-state index contributed by atoms with van der Waals surface area (Å²) in [6, 6.07) is 2.89. The first-order valence-electron chi connectivity index (χ1n) is 8.91. The third-order valence-corrected chi connectivity index (χ3v) is 4.09. The molecule has 7 nitrogen and oxygen atoms in total. The number of fused-ring (bicyclic) bond motifs is 1. The highest BCUT2D eigenvalue weighted by Crippen LogP contribution is 2.34. The van der Waals surface area contributed by atoms with Crippen LogP contribution in [0.15, 0.2) is 30.7 Å². The van der Waals surface area contributed by atoms with Gasteiger partial charge in [-0.3, -0.25) is 0 Å². The fraction of sp³-hybridized carbons (Fsp3) is 0.316. The number of aromatic nitrogens is 3. The minimum absolute atomic E-state index is 0.0966. The van der Waals surface area contributed by atoms with Crippen LogP contribution in [0.2, 0.25) is 5.02 Å². The van der Waals surface area contributed by atoms with E-state index in [2.05, 4.69) is 9.97 Å². The van der Waals surface area contributed by atoms with E-state index < -0.39 is 18.8 Å². The van der Waals surface area contributed by atoms with Gasteiger partial charge in [0.1, 0.15) is 11.4 Å². The molecule has 11 heteroatoms. The van der Waals surface area contributed by atoms with E-state index in [1.165, 1.54) is 18.5 Å². The highest BCUT2D eigenvalue weighted by atomic mass is 35.5. The van der Waals surface area contributed by atoms with E-state index in [-0.39, 0.29) is 29.0 Å². The van der Waals surface area contributed by atoms with Crippen molar-refractivity contribution >= 4 is 23.2 Å². The molecule has 160 valence electrons. The lowest BCUT2D eigenvalue weighted by Gasteiger charge is -2.15. The van der Waals surface area contributed by atoms with Crippen LogP contribution in [0, 0.1) is 0 Å². The first-order chi connectivity index (χ1) is 14.2. The summed E-state index contributed by atoms with van der Waals surface area (Å²) in [5, 5.41) is 0.0966. The Bertz CT molecular complexity index is 1070. The summed E-state index contributed by atoms with van der Waals surface area (Å²) in [7, 11) is 0. The van der Waals surface area contributed by atoms with Crippen molar-refractivity contribution in [2.45, 2.75) is 26.4 Å². The molecule has 0 aliphatic heterocycles. The van der Waals surface area contributed by atoms with Gasteiger partial charge in [-0.1, -0.05) is 18.5 Å². The average Bonchev–Trinajstić information content (AvgIpc) is 3.10. The fourth-order valence-electron chi connectivity index (χ4n) is 2.58. The van der Waals surface area contributed by atoms with Gasteiger partial charge in [0.25, 0.3) is 5.88 Å². The SMILES string of the molecule is CCOC(=O)c1cn2cc(Oc3ncc(Cl)cc3OCC(F)(F)F)c(CC)cc2n1. The fourth-order valence-corrected chi connectivity index (χ4v) is 2.73. The number of nitrogens with zero attached hydrogens (tertiary/aromatic N) is 3. The zero-order valence-electron chi connectivity index (χ0n) is 16.0. The summed E-state index contributed by atoms with van der Waals surface area (Å²) in [6.07, 6.45) is 0.244. The zero-order chi connectivity index (χ0) is 21.9. The van der Waals surface area contributed by atoms with Crippen molar-refractivity contribution in [3.8, 4) is 17.4 Å². The molecule has 0 unspecified atom stereocenters. The lowest BCUT2D eigenvalue weighted by molar-refractivity contribution is -0.153. The molecule has 0 amide bonds. The third-order valence-electron chi connectivity index (χ3n) is 3.89. The number of hydrogen-bond donors (Lipinski definition) is 0. The van der Waals surface area contributed by atoms with Gasteiger partial charge in [-0.25, -0.2) is 14.8 Å². The number of imidazole rings is 1. The molecule has 3 aromatic heterocycles. The molecule has 0 fully saturated rings. The second-order valence-corrected chi connectivity index (χ2v) is 6.53. The number of rotatable bonds is 7. The van der Waals surface area contributed by atoms with E-state index >= 15 is 0 Å². The topological polar surface area (TPSA) is 75.0 Å². The number of ether oxygens (including phenoxy) is 3. The largest absolute Gasteiger partial charge is 0.478 e.